The smallest absolute Gasteiger partial charge is 0.335 e. The minimum Gasteiger partial charge on any atom is -0.335 e. The number of nitrogens with two attached hydrogens (primary N) is 2. The number of piperidine rings is 1. The van der Waals surface area contributed by atoms with Crippen molar-refractivity contribution < 1.29 is 9.59 Å². The van der Waals surface area contributed by atoms with Gasteiger partial charge < -0.3 is 21.3 Å². The molecule has 11 heteroatoms. The summed E-state index contributed by atoms with van der Waals surface area (Å²) < 4.78 is 1.44. The summed E-state index contributed by atoms with van der Waals surface area (Å²) in [6, 6.07) is 9.20. The van der Waals surface area contributed by atoms with Crippen molar-refractivity contribution in [2.45, 2.75) is 57.8 Å². The van der Waals surface area contributed by atoms with Crippen molar-refractivity contribution in [2.24, 2.45) is 11.5 Å². The Hall–Kier alpha value is -3.28. The second-order valence-corrected chi connectivity index (χ2v) is 10.7. The van der Waals surface area contributed by atoms with Crippen LogP contribution in [0.3, 0.4) is 0 Å². The Kier molecular flexibility index (Phi) is 7.96. The van der Waals surface area contributed by atoms with Gasteiger partial charge in [-0.15, -0.1) is 0 Å². The standard InChI is InChI=1S/C26H38N8O3/c1-18-16-32(14-15-33(18)23(35)26(2,3)28)24(36)29-22-10-13-34(25(37)30-22)21-6-4-19(5-7-21)17-31-11-8-20(27)9-12-31/h4-7,10,13,18,20H,8-9,11-12,14-17,27-28H2,1-3H3,(H,29,30,36,37)/t18-/m0/s1. The van der Waals surface area contributed by atoms with Crippen LogP contribution in [0.25, 0.3) is 5.69 Å². The largest absolute Gasteiger partial charge is 0.354 e. The summed E-state index contributed by atoms with van der Waals surface area (Å²) in [5.74, 6) is 0.0371. The third-order valence-electron chi connectivity index (χ3n) is 7.02. The lowest BCUT2D eigenvalue weighted by molar-refractivity contribution is -0.139. The van der Waals surface area contributed by atoms with E-state index in [0.717, 1.165) is 32.5 Å². The maximum atomic E-state index is 12.8. The molecule has 0 saturated carbocycles. The summed E-state index contributed by atoms with van der Waals surface area (Å²) in [4.78, 5) is 47.8. The van der Waals surface area contributed by atoms with Gasteiger partial charge in [-0.25, -0.2) is 9.59 Å². The van der Waals surface area contributed by atoms with E-state index in [9.17, 15) is 14.4 Å². The van der Waals surface area contributed by atoms with Crippen LogP contribution in [0, 0.1) is 0 Å². The summed E-state index contributed by atoms with van der Waals surface area (Å²) >= 11 is 0. The molecule has 0 spiro atoms. The third-order valence-corrected chi connectivity index (χ3v) is 7.02. The molecular weight excluding hydrogens is 472 g/mol. The zero-order valence-electron chi connectivity index (χ0n) is 21.9. The average Bonchev–Trinajstić information content (AvgIpc) is 2.85. The molecule has 1 atom stereocenters. The minimum absolute atomic E-state index is 0.144. The van der Waals surface area contributed by atoms with Crippen LogP contribution in [0.4, 0.5) is 10.6 Å². The zero-order chi connectivity index (χ0) is 26.7. The highest BCUT2D eigenvalue weighted by atomic mass is 16.2. The molecule has 0 aliphatic carbocycles. The molecule has 11 nitrogen and oxygen atoms in total. The molecule has 2 saturated heterocycles. The number of carbonyl (C=O) groups is 2. The number of hydrogen-bond donors (Lipinski definition) is 3. The molecule has 1 aromatic heterocycles. The molecule has 2 aliphatic heterocycles. The number of piperazine rings is 1. The second kappa shape index (κ2) is 11.0. The number of amides is 3. The van der Waals surface area contributed by atoms with E-state index < -0.39 is 11.2 Å². The quantitative estimate of drug-likeness (QED) is 0.544. The van der Waals surface area contributed by atoms with Crippen LogP contribution in [-0.4, -0.2) is 86.5 Å². The number of anilines is 1. The fraction of sp³-hybridized carbons (Fsp3) is 0.538. The highest BCUT2D eigenvalue weighted by Gasteiger charge is 2.35. The Balaban J connectivity index is 1.34. The number of nitrogens with one attached hydrogen (secondary N) is 1. The van der Waals surface area contributed by atoms with Gasteiger partial charge in [0.25, 0.3) is 0 Å². The Bertz CT molecular complexity index is 1170. The van der Waals surface area contributed by atoms with E-state index in [0.29, 0.717) is 31.4 Å². The van der Waals surface area contributed by atoms with Gasteiger partial charge in [0.2, 0.25) is 5.91 Å². The van der Waals surface area contributed by atoms with E-state index >= 15 is 0 Å². The minimum atomic E-state index is -0.963. The topological polar surface area (TPSA) is 143 Å². The van der Waals surface area contributed by atoms with Gasteiger partial charge >= 0.3 is 11.7 Å². The van der Waals surface area contributed by atoms with Crippen LogP contribution in [0.2, 0.25) is 0 Å². The molecule has 3 amide bonds. The van der Waals surface area contributed by atoms with E-state index in [4.69, 9.17) is 11.5 Å². The molecule has 2 fully saturated rings. The molecule has 200 valence electrons. The van der Waals surface area contributed by atoms with Crippen molar-refractivity contribution in [1.82, 2.24) is 24.3 Å². The lowest BCUT2D eigenvalue weighted by Gasteiger charge is -2.42. The molecule has 0 radical (unpaired) electrons. The SMILES string of the molecule is C[C@H]1CN(C(=O)Nc2ccn(-c3ccc(CN4CCC(N)CC4)cc3)c(=O)n2)CCN1C(=O)C(C)(C)N. The molecule has 1 aromatic carbocycles. The molecule has 2 aromatic rings. The molecule has 4 rings (SSSR count). The second-order valence-electron chi connectivity index (χ2n) is 10.7. The Labute approximate surface area is 217 Å². The fourth-order valence-electron chi connectivity index (χ4n) is 4.80. The van der Waals surface area contributed by atoms with Crippen LogP contribution in [0.1, 0.15) is 39.2 Å². The molecule has 2 aliphatic rings. The summed E-state index contributed by atoms with van der Waals surface area (Å²) in [5.41, 5.74) is 12.4. The Morgan fingerprint density at radius 3 is 2.35 bits per heavy atom. The van der Waals surface area contributed by atoms with E-state index in [-0.39, 0.29) is 23.8 Å². The summed E-state index contributed by atoms with van der Waals surface area (Å²) in [7, 11) is 0. The van der Waals surface area contributed by atoms with Crippen LogP contribution in [0.5, 0.6) is 0 Å². The summed E-state index contributed by atoms with van der Waals surface area (Å²) in [6.45, 7) is 9.21. The lowest BCUT2D eigenvalue weighted by atomic mass is 10.0. The molecule has 37 heavy (non-hydrogen) atoms. The van der Waals surface area contributed by atoms with E-state index in [2.05, 4.69) is 15.2 Å². The van der Waals surface area contributed by atoms with Crippen LogP contribution in [0.15, 0.2) is 41.3 Å². The Morgan fingerprint density at radius 1 is 1.08 bits per heavy atom. The zero-order valence-corrected chi connectivity index (χ0v) is 21.9. The van der Waals surface area contributed by atoms with Crippen molar-refractivity contribution in [3.8, 4) is 5.69 Å². The molecular formula is C26H38N8O3. The Morgan fingerprint density at radius 2 is 1.76 bits per heavy atom. The van der Waals surface area contributed by atoms with E-state index in [1.807, 2.05) is 31.2 Å². The van der Waals surface area contributed by atoms with Crippen LogP contribution in [-0.2, 0) is 11.3 Å². The maximum absolute atomic E-state index is 12.8. The number of hydrogen-bond acceptors (Lipinski definition) is 7. The average molecular weight is 511 g/mol. The molecule has 5 N–H and O–H groups in total. The van der Waals surface area contributed by atoms with Gasteiger partial charge in [0.05, 0.1) is 11.2 Å². The van der Waals surface area contributed by atoms with Gasteiger partial charge in [0, 0.05) is 44.5 Å². The van der Waals surface area contributed by atoms with Gasteiger partial charge in [-0.2, -0.15) is 4.98 Å². The van der Waals surface area contributed by atoms with Crippen LogP contribution < -0.4 is 22.5 Å². The maximum Gasteiger partial charge on any atom is 0.354 e. The van der Waals surface area contributed by atoms with Crippen molar-refractivity contribution in [3.05, 3.63) is 52.6 Å². The number of benzene rings is 1. The molecule has 3 heterocycles. The number of likely N-dealkylation sites (tertiary alicyclic amines) is 1. The van der Waals surface area contributed by atoms with Crippen molar-refractivity contribution in [3.63, 3.8) is 0 Å². The lowest BCUT2D eigenvalue weighted by Crippen LogP contribution is -2.61. The van der Waals surface area contributed by atoms with Crippen molar-refractivity contribution in [2.75, 3.05) is 38.0 Å². The first kappa shape index (κ1) is 26.8. The number of rotatable bonds is 5. The van der Waals surface area contributed by atoms with E-state index in [1.165, 1.54) is 10.1 Å². The van der Waals surface area contributed by atoms with Gasteiger partial charge in [0.15, 0.2) is 0 Å². The van der Waals surface area contributed by atoms with Gasteiger partial charge in [0.1, 0.15) is 5.82 Å². The fourth-order valence-corrected chi connectivity index (χ4v) is 4.80. The van der Waals surface area contributed by atoms with Crippen molar-refractivity contribution in [1.29, 1.82) is 0 Å². The first-order valence-electron chi connectivity index (χ1n) is 12.8. The predicted octanol–water partition coefficient (Wildman–Crippen LogP) is 0.958. The number of nitrogens with zero attached hydrogens (tertiary/aromatic N) is 5. The number of urea groups is 1. The monoisotopic (exact) mass is 510 g/mol. The summed E-state index contributed by atoms with van der Waals surface area (Å²) in [6.07, 6.45) is 3.64. The number of carbonyl (C=O) groups excluding carboxylic acids is 2. The first-order valence-corrected chi connectivity index (χ1v) is 12.8. The predicted molar refractivity (Wildman–Crippen MR) is 142 cm³/mol. The number of aromatic nitrogens is 2. The molecule has 0 bridgehead atoms. The van der Waals surface area contributed by atoms with Crippen molar-refractivity contribution >= 4 is 17.8 Å². The molecule has 0 unspecified atom stereocenters. The van der Waals surface area contributed by atoms with Gasteiger partial charge in [-0.3, -0.25) is 19.6 Å². The van der Waals surface area contributed by atoms with E-state index in [1.54, 1.807) is 35.9 Å². The normalized spacial score (nSPS) is 19.6. The highest BCUT2D eigenvalue weighted by Crippen LogP contribution is 2.17. The van der Waals surface area contributed by atoms with Gasteiger partial charge in [-0.05, 0) is 70.5 Å². The third kappa shape index (κ3) is 6.54. The van der Waals surface area contributed by atoms with Gasteiger partial charge in [-0.1, -0.05) is 12.1 Å². The first-order chi connectivity index (χ1) is 17.5. The summed E-state index contributed by atoms with van der Waals surface area (Å²) in [5, 5.41) is 2.70. The van der Waals surface area contributed by atoms with Crippen LogP contribution >= 0.6 is 0 Å². The highest BCUT2D eigenvalue weighted by molar-refractivity contribution is 5.89.